The summed E-state index contributed by atoms with van der Waals surface area (Å²) in [6.07, 6.45) is 0.569. The second-order valence-corrected chi connectivity index (χ2v) is 2.37. The van der Waals surface area contributed by atoms with Crippen molar-refractivity contribution in [2.45, 2.75) is 6.92 Å². The van der Waals surface area contributed by atoms with Crippen molar-refractivity contribution < 1.29 is 19.5 Å². The van der Waals surface area contributed by atoms with Crippen LogP contribution in [0.15, 0.2) is 23.8 Å². The summed E-state index contributed by atoms with van der Waals surface area (Å²) < 4.78 is 0. The highest BCUT2D eigenvalue weighted by molar-refractivity contribution is 6.25. The Morgan fingerprint density at radius 1 is 1.38 bits per heavy atom. The van der Waals surface area contributed by atoms with Crippen LogP contribution in [0.1, 0.15) is 6.92 Å². The zero-order valence-electron chi connectivity index (χ0n) is 7.03. The maximum Gasteiger partial charge on any atom is 0.339 e. The van der Waals surface area contributed by atoms with Gasteiger partial charge < -0.3 is 10.8 Å². The van der Waals surface area contributed by atoms with E-state index in [1.54, 1.807) is 0 Å². The standard InChI is InChI=1S/C8H9NO4/c1-4(2)7(11)5(8(12)13)3-6(9)10/h3H,1H2,2H3,(H2,9,10)(H,12,13)/b5-3-. The number of nitrogens with two attached hydrogens (primary N) is 1. The number of primary amides is 1. The number of carbonyl (C=O) groups is 3. The van der Waals surface area contributed by atoms with Gasteiger partial charge >= 0.3 is 5.97 Å². The first kappa shape index (κ1) is 11.1. The number of hydrogen-bond acceptors (Lipinski definition) is 3. The van der Waals surface area contributed by atoms with E-state index in [-0.39, 0.29) is 5.57 Å². The quantitative estimate of drug-likeness (QED) is 0.353. The molecule has 0 bridgehead atoms. The van der Waals surface area contributed by atoms with E-state index < -0.39 is 23.2 Å². The van der Waals surface area contributed by atoms with Gasteiger partial charge in [0, 0.05) is 6.08 Å². The minimum atomic E-state index is -1.49. The Balaban J connectivity index is 5.05. The van der Waals surface area contributed by atoms with Crippen molar-refractivity contribution in [1.29, 1.82) is 0 Å². The first-order valence-corrected chi connectivity index (χ1v) is 3.31. The van der Waals surface area contributed by atoms with E-state index in [0.717, 1.165) is 0 Å². The molecule has 0 unspecified atom stereocenters. The second-order valence-electron chi connectivity index (χ2n) is 2.37. The van der Waals surface area contributed by atoms with Crippen LogP contribution in [0.4, 0.5) is 0 Å². The third-order valence-electron chi connectivity index (χ3n) is 1.15. The Labute approximate surface area is 74.5 Å². The largest absolute Gasteiger partial charge is 0.478 e. The van der Waals surface area contributed by atoms with Crippen molar-refractivity contribution in [2.24, 2.45) is 5.73 Å². The highest BCUT2D eigenvalue weighted by Gasteiger charge is 2.18. The number of hydrogen-bond donors (Lipinski definition) is 2. The van der Waals surface area contributed by atoms with Gasteiger partial charge in [-0.1, -0.05) is 6.58 Å². The lowest BCUT2D eigenvalue weighted by Crippen LogP contribution is -2.17. The molecule has 5 nitrogen and oxygen atoms in total. The van der Waals surface area contributed by atoms with E-state index in [1.165, 1.54) is 6.92 Å². The molecule has 1 amide bonds. The van der Waals surface area contributed by atoms with Gasteiger partial charge in [-0.05, 0) is 12.5 Å². The normalized spacial score (nSPS) is 10.7. The number of rotatable bonds is 4. The molecular weight excluding hydrogens is 174 g/mol. The topological polar surface area (TPSA) is 97.5 Å². The molecule has 3 N–H and O–H groups in total. The lowest BCUT2D eigenvalue weighted by molar-refractivity contribution is -0.134. The number of Topliss-reactive ketones (excluding diaryl/α,β-unsaturated/α-hetero) is 1. The van der Waals surface area contributed by atoms with Crippen LogP contribution in [-0.4, -0.2) is 22.8 Å². The fraction of sp³-hybridized carbons (Fsp3) is 0.125. The molecular formula is C8H9NO4. The average molecular weight is 183 g/mol. The molecule has 0 saturated heterocycles. The van der Waals surface area contributed by atoms with Crippen molar-refractivity contribution >= 4 is 17.7 Å². The van der Waals surface area contributed by atoms with Gasteiger partial charge in [0.2, 0.25) is 5.91 Å². The van der Waals surface area contributed by atoms with Crippen LogP contribution in [0, 0.1) is 0 Å². The van der Waals surface area contributed by atoms with Crippen LogP contribution in [0.25, 0.3) is 0 Å². The molecule has 0 fully saturated rings. The minimum Gasteiger partial charge on any atom is -0.478 e. The average Bonchev–Trinajstić information content (AvgIpc) is 1.97. The van der Waals surface area contributed by atoms with Gasteiger partial charge in [0.25, 0.3) is 0 Å². The summed E-state index contributed by atoms with van der Waals surface area (Å²) >= 11 is 0. The molecule has 0 rings (SSSR count). The van der Waals surface area contributed by atoms with Crippen molar-refractivity contribution in [3.63, 3.8) is 0 Å². The molecule has 0 spiro atoms. The minimum absolute atomic E-state index is 0.0369. The van der Waals surface area contributed by atoms with Crippen molar-refractivity contribution in [3.05, 3.63) is 23.8 Å². The number of ketones is 1. The number of amides is 1. The maximum absolute atomic E-state index is 11.1. The van der Waals surface area contributed by atoms with Gasteiger partial charge in [0.05, 0.1) is 0 Å². The molecule has 13 heavy (non-hydrogen) atoms. The zero-order chi connectivity index (χ0) is 10.6. The van der Waals surface area contributed by atoms with Crippen molar-refractivity contribution in [1.82, 2.24) is 0 Å². The van der Waals surface area contributed by atoms with Crippen molar-refractivity contribution in [2.75, 3.05) is 0 Å². The SMILES string of the molecule is C=C(C)C(=O)/C(=C/C(N)=O)C(=O)O. The third-order valence-corrected chi connectivity index (χ3v) is 1.15. The Kier molecular flexibility index (Phi) is 3.58. The van der Waals surface area contributed by atoms with Gasteiger partial charge in [0.1, 0.15) is 5.57 Å². The van der Waals surface area contributed by atoms with E-state index in [1.807, 2.05) is 0 Å². The van der Waals surface area contributed by atoms with E-state index in [9.17, 15) is 14.4 Å². The lowest BCUT2D eigenvalue weighted by atomic mass is 10.1. The molecule has 0 aromatic rings. The van der Waals surface area contributed by atoms with Gasteiger partial charge in [-0.3, -0.25) is 9.59 Å². The number of carboxylic acid groups (broad SMARTS) is 1. The van der Waals surface area contributed by atoms with E-state index in [0.29, 0.717) is 6.08 Å². The molecule has 0 saturated carbocycles. The first-order valence-electron chi connectivity index (χ1n) is 3.31. The third kappa shape index (κ3) is 3.33. The summed E-state index contributed by atoms with van der Waals surface area (Å²) in [5.41, 5.74) is 4.08. The molecule has 0 aliphatic carbocycles. The number of carbonyl (C=O) groups excluding carboxylic acids is 2. The van der Waals surface area contributed by atoms with Gasteiger partial charge in [-0.25, -0.2) is 4.79 Å². The van der Waals surface area contributed by atoms with E-state index >= 15 is 0 Å². The van der Waals surface area contributed by atoms with Crippen LogP contribution in [-0.2, 0) is 14.4 Å². The summed E-state index contributed by atoms with van der Waals surface area (Å²) in [4.78, 5) is 31.8. The predicted molar refractivity (Wildman–Crippen MR) is 44.7 cm³/mol. The second kappa shape index (κ2) is 4.20. The Morgan fingerprint density at radius 3 is 2.08 bits per heavy atom. The molecule has 0 atom stereocenters. The van der Waals surface area contributed by atoms with E-state index in [2.05, 4.69) is 6.58 Å². The molecule has 0 heterocycles. The first-order chi connectivity index (χ1) is 5.86. The number of carboxylic acids is 1. The Hall–Kier alpha value is -1.91. The lowest BCUT2D eigenvalue weighted by Gasteiger charge is -1.98. The van der Waals surface area contributed by atoms with Crippen LogP contribution in [0.5, 0.6) is 0 Å². The highest BCUT2D eigenvalue weighted by Crippen LogP contribution is 2.03. The molecule has 0 radical (unpaired) electrons. The molecule has 0 aliphatic rings. The Morgan fingerprint density at radius 2 is 1.85 bits per heavy atom. The van der Waals surface area contributed by atoms with Crippen LogP contribution in [0.2, 0.25) is 0 Å². The van der Waals surface area contributed by atoms with Crippen molar-refractivity contribution in [3.8, 4) is 0 Å². The van der Waals surface area contributed by atoms with Gasteiger partial charge in [-0.15, -0.1) is 0 Å². The van der Waals surface area contributed by atoms with Gasteiger partial charge in [0.15, 0.2) is 5.78 Å². The molecule has 0 aromatic carbocycles. The smallest absolute Gasteiger partial charge is 0.339 e. The van der Waals surface area contributed by atoms with Crippen LogP contribution >= 0.6 is 0 Å². The predicted octanol–water partition coefficient (Wildman–Crippen LogP) is -0.372. The van der Waals surface area contributed by atoms with Crippen LogP contribution in [0.3, 0.4) is 0 Å². The summed E-state index contributed by atoms with van der Waals surface area (Å²) in [7, 11) is 0. The molecule has 70 valence electrons. The molecule has 5 heteroatoms. The van der Waals surface area contributed by atoms with Crippen LogP contribution < -0.4 is 5.73 Å². The number of aliphatic carboxylic acids is 1. The highest BCUT2D eigenvalue weighted by atomic mass is 16.4. The Bertz CT molecular complexity index is 314. The summed E-state index contributed by atoms with van der Waals surface area (Å²) in [6.45, 7) is 4.61. The summed E-state index contributed by atoms with van der Waals surface area (Å²) in [5.74, 6) is -3.27. The molecule has 0 aliphatic heterocycles. The fourth-order valence-corrected chi connectivity index (χ4v) is 0.597. The monoisotopic (exact) mass is 183 g/mol. The van der Waals surface area contributed by atoms with E-state index in [4.69, 9.17) is 10.8 Å². The summed E-state index contributed by atoms with van der Waals surface area (Å²) in [5, 5.41) is 8.50. The van der Waals surface area contributed by atoms with Gasteiger partial charge in [-0.2, -0.15) is 0 Å². The molecule has 0 aromatic heterocycles. The number of allylic oxidation sites excluding steroid dienone is 1. The maximum atomic E-state index is 11.1. The summed E-state index contributed by atoms with van der Waals surface area (Å²) in [6, 6.07) is 0. The zero-order valence-corrected chi connectivity index (χ0v) is 7.03. The fourth-order valence-electron chi connectivity index (χ4n) is 0.597.